The van der Waals surface area contributed by atoms with Crippen molar-refractivity contribution in [2.24, 2.45) is 0 Å². The van der Waals surface area contributed by atoms with Crippen LogP contribution in [0.15, 0.2) is 29.6 Å². The molecule has 3 aromatic rings. The third-order valence-corrected chi connectivity index (χ3v) is 5.40. The third kappa shape index (κ3) is 4.91. The molecular weight excluding hydrogens is 426 g/mol. The highest BCUT2D eigenvalue weighted by Crippen LogP contribution is 2.24. The standard InChI is InChI=1S/C19H23N5O6S/c1-5-29-9-10-30-17(25)14-8-6-7-12(2)15(14)23-31(26,27)19-21-18-20-16(28-4)13(3)11-24(18)22-19/h6-8,11,23H,5,9-10H2,1-4H3. The molecule has 0 aliphatic heterocycles. The van der Waals surface area contributed by atoms with Crippen LogP contribution in [0.2, 0.25) is 0 Å². The predicted octanol–water partition coefficient (Wildman–Crippen LogP) is 1.74. The lowest BCUT2D eigenvalue weighted by molar-refractivity contribution is 0.0336. The van der Waals surface area contributed by atoms with E-state index < -0.39 is 21.1 Å². The Morgan fingerprint density at radius 1 is 1.16 bits per heavy atom. The number of rotatable bonds is 9. The second-order valence-electron chi connectivity index (χ2n) is 6.51. The molecular formula is C19H23N5O6S. The first-order chi connectivity index (χ1) is 14.8. The summed E-state index contributed by atoms with van der Waals surface area (Å²) in [6.07, 6.45) is 1.56. The number of ether oxygens (including phenoxy) is 3. The fraction of sp³-hybridized carbons (Fsp3) is 0.368. The molecule has 11 nitrogen and oxygen atoms in total. The Morgan fingerprint density at radius 2 is 1.94 bits per heavy atom. The van der Waals surface area contributed by atoms with Crippen molar-refractivity contribution in [3.63, 3.8) is 0 Å². The minimum Gasteiger partial charge on any atom is -0.481 e. The topological polar surface area (TPSA) is 134 Å². The summed E-state index contributed by atoms with van der Waals surface area (Å²) < 4.78 is 45.0. The SMILES string of the molecule is CCOCCOC(=O)c1cccc(C)c1NS(=O)(=O)c1nc2nc(OC)c(C)cn2n1. The Labute approximate surface area is 179 Å². The summed E-state index contributed by atoms with van der Waals surface area (Å²) in [7, 11) is -2.77. The molecule has 166 valence electrons. The van der Waals surface area contributed by atoms with Crippen molar-refractivity contribution < 1.29 is 27.4 Å². The van der Waals surface area contributed by atoms with Crippen LogP contribution in [-0.2, 0) is 19.5 Å². The monoisotopic (exact) mass is 449 g/mol. The summed E-state index contributed by atoms with van der Waals surface area (Å²) in [6, 6.07) is 4.77. The molecule has 0 radical (unpaired) electrons. The molecule has 31 heavy (non-hydrogen) atoms. The summed E-state index contributed by atoms with van der Waals surface area (Å²) in [5.41, 5.74) is 1.35. The molecule has 2 heterocycles. The second-order valence-corrected chi connectivity index (χ2v) is 8.08. The Hall–Kier alpha value is -3.25. The summed E-state index contributed by atoms with van der Waals surface area (Å²) in [6.45, 7) is 6.04. The first kappa shape index (κ1) is 22.4. The van der Waals surface area contributed by atoms with E-state index in [2.05, 4.69) is 19.8 Å². The fourth-order valence-electron chi connectivity index (χ4n) is 2.77. The number of anilines is 1. The van der Waals surface area contributed by atoms with Crippen LogP contribution in [0, 0.1) is 13.8 Å². The van der Waals surface area contributed by atoms with E-state index in [0.717, 1.165) is 0 Å². The quantitative estimate of drug-likeness (QED) is 0.383. The fourth-order valence-corrected chi connectivity index (χ4v) is 3.79. The van der Waals surface area contributed by atoms with Gasteiger partial charge in [0.1, 0.15) is 6.61 Å². The van der Waals surface area contributed by atoms with Gasteiger partial charge in [0.05, 0.1) is 25.0 Å². The second kappa shape index (κ2) is 9.27. The highest BCUT2D eigenvalue weighted by Gasteiger charge is 2.25. The minimum absolute atomic E-state index is 0.0493. The molecule has 0 atom stereocenters. The van der Waals surface area contributed by atoms with E-state index in [4.69, 9.17) is 14.2 Å². The zero-order valence-corrected chi connectivity index (χ0v) is 18.4. The van der Waals surface area contributed by atoms with E-state index in [9.17, 15) is 13.2 Å². The van der Waals surface area contributed by atoms with Gasteiger partial charge in [-0.25, -0.2) is 9.31 Å². The molecule has 1 N–H and O–H groups in total. The molecule has 0 aliphatic rings. The van der Waals surface area contributed by atoms with Crippen molar-refractivity contribution in [3.8, 4) is 5.88 Å². The van der Waals surface area contributed by atoms with Crippen LogP contribution in [0.25, 0.3) is 5.78 Å². The Balaban J connectivity index is 1.91. The van der Waals surface area contributed by atoms with E-state index in [1.54, 1.807) is 32.2 Å². The number of benzene rings is 1. The maximum atomic E-state index is 13.0. The number of methoxy groups -OCH3 is 1. The van der Waals surface area contributed by atoms with Crippen LogP contribution in [0.3, 0.4) is 0 Å². The van der Waals surface area contributed by atoms with Gasteiger partial charge < -0.3 is 14.2 Å². The van der Waals surface area contributed by atoms with Gasteiger partial charge in [0.2, 0.25) is 5.88 Å². The van der Waals surface area contributed by atoms with E-state index >= 15 is 0 Å². The first-order valence-electron chi connectivity index (χ1n) is 9.42. The van der Waals surface area contributed by atoms with E-state index in [0.29, 0.717) is 23.6 Å². The van der Waals surface area contributed by atoms with Gasteiger partial charge in [-0.3, -0.25) is 4.72 Å². The number of carbonyl (C=O) groups excluding carboxylic acids is 1. The number of aromatic nitrogens is 4. The number of aryl methyl sites for hydroxylation is 2. The molecule has 2 aromatic heterocycles. The zero-order chi connectivity index (χ0) is 22.6. The van der Waals surface area contributed by atoms with Gasteiger partial charge in [0.25, 0.3) is 21.0 Å². The normalized spacial score (nSPS) is 11.5. The van der Waals surface area contributed by atoms with Crippen molar-refractivity contribution in [1.29, 1.82) is 0 Å². The number of hydrogen-bond donors (Lipinski definition) is 1. The summed E-state index contributed by atoms with van der Waals surface area (Å²) in [5.74, 6) is -0.304. The number of carbonyl (C=O) groups is 1. The lowest BCUT2D eigenvalue weighted by Gasteiger charge is -2.13. The number of para-hydroxylation sites is 1. The molecule has 12 heteroatoms. The van der Waals surface area contributed by atoms with Gasteiger partial charge in [-0.15, -0.1) is 5.10 Å². The van der Waals surface area contributed by atoms with Gasteiger partial charge in [0, 0.05) is 18.4 Å². The van der Waals surface area contributed by atoms with Gasteiger partial charge in [0.15, 0.2) is 0 Å². The predicted molar refractivity (Wildman–Crippen MR) is 111 cm³/mol. The van der Waals surface area contributed by atoms with Crippen LogP contribution in [0.1, 0.15) is 28.4 Å². The lowest BCUT2D eigenvalue weighted by Crippen LogP contribution is -2.19. The van der Waals surface area contributed by atoms with E-state index in [1.165, 1.54) is 17.7 Å². The number of fused-ring (bicyclic) bond motifs is 1. The smallest absolute Gasteiger partial charge is 0.340 e. The number of nitrogens with zero attached hydrogens (tertiary/aromatic N) is 4. The summed E-state index contributed by atoms with van der Waals surface area (Å²) >= 11 is 0. The van der Waals surface area contributed by atoms with Gasteiger partial charge in [-0.2, -0.15) is 18.4 Å². The molecule has 0 saturated heterocycles. The Morgan fingerprint density at radius 3 is 2.65 bits per heavy atom. The van der Waals surface area contributed by atoms with Crippen LogP contribution >= 0.6 is 0 Å². The molecule has 1 aromatic carbocycles. The summed E-state index contributed by atoms with van der Waals surface area (Å²) in [5, 5.41) is 3.50. The van der Waals surface area contributed by atoms with Crippen LogP contribution in [0.5, 0.6) is 5.88 Å². The molecule has 3 rings (SSSR count). The molecule has 0 aliphatic carbocycles. The van der Waals surface area contributed by atoms with E-state index in [-0.39, 0.29) is 30.2 Å². The molecule has 0 saturated carbocycles. The molecule has 0 bridgehead atoms. The Bertz CT molecular complexity index is 1210. The van der Waals surface area contributed by atoms with Crippen molar-refractivity contribution in [1.82, 2.24) is 19.6 Å². The highest BCUT2D eigenvalue weighted by atomic mass is 32.2. The maximum absolute atomic E-state index is 13.0. The third-order valence-electron chi connectivity index (χ3n) is 4.28. The highest BCUT2D eigenvalue weighted by molar-refractivity contribution is 7.92. The average molecular weight is 449 g/mol. The number of esters is 1. The lowest BCUT2D eigenvalue weighted by atomic mass is 10.1. The van der Waals surface area contributed by atoms with Crippen LogP contribution < -0.4 is 9.46 Å². The zero-order valence-electron chi connectivity index (χ0n) is 17.6. The van der Waals surface area contributed by atoms with Gasteiger partial charge >= 0.3 is 5.97 Å². The number of hydrogen-bond acceptors (Lipinski definition) is 9. The van der Waals surface area contributed by atoms with Gasteiger partial charge in [-0.1, -0.05) is 12.1 Å². The van der Waals surface area contributed by atoms with E-state index in [1.807, 2.05) is 6.92 Å². The van der Waals surface area contributed by atoms with Crippen LogP contribution in [-0.4, -0.2) is 60.9 Å². The van der Waals surface area contributed by atoms with Crippen molar-refractivity contribution in [2.75, 3.05) is 31.7 Å². The maximum Gasteiger partial charge on any atom is 0.340 e. The Kier molecular flexibility index (Phi) is 6.71. The molecule has 0 unspecified atom stereocenters. The van der Waals surface area contributed by atoms with Crippen molar-refractivity contribution in [2.45, 2.75) is 25.9 Å². The number of nitrogens with one attached hydrogen (secondary N) is 1. The number of sulfonamides is 1. The van der Waals surface area contributed by atoms with Crippen molar-refractivity contribution in [3.05, 3.63) is 41.1 Å². The largest absolute Gasteiger partial charge is 0.481 e. The van der Waals surface area contributed by atoms with Crippen molar-refractivity contribution >= 4 is 27.5 Å². The minimum atomic E-state index is -4.22. The molecule has 0 fully saturated rings. The average Bonchev–Trinajstić information content (AvgIpc) is 3.15. The van der Waals surface area contributed by atoms with Crippen LogP contribution in [0.4, 0.5) is 5.69 Å². The summed E-state index contributed by atoms with van der Waals surface area (Å²) in [4.78, 5) is 20.6. The molecule has 0 spiro atoms. The molecule has 0 amide bonds. The first-order valence-corrected chi connectivity index (χ1v) is 10.9. The van der Waals surface area contributed by atoms with Gasteiger partial charge in [-0.05, 0) is 32.4 Å².